The maximum atomic E-state index is 15.6. The van der Waals surface area contributed by atoms with Crippen LogP contribution >= 0.6 is 0 Å². The van der Waals surface area contributed by atoms with Crippen LogP contribution in [0, 0.1) is 28.8 Å². The summed E-state index contributed by atoms with van der Waals surface area (Å²) < 4.78 is 55.4. The summed E-state index contributed by atoms with van der Waals surface area (Å²) in [6.45, 7) is 5.42. The molecule has 2 aromatic heterocycles. The summed E-state index contributed by atoms with van der Waals surface area (Å²) in [7, 11) is 1.59. The van der Waals surface area contributed by atoms with Crippen molar-refractivity contribution in [3.63, 3.8) is 0 Å². The van der Waals surface area contributed by atoms with Gasteiger partial charge in [-0.15, -0.1) is 0 Å². The van der Waals surface area contributed by atoms with Gasteiger partial charge in [0.2, 0.25) is 5.82 Å². The predicted octanol–water partition coefficient (Wildman–Crippen LogP) is 4.91. The topological polar surface area (TPSA) is 144 Å². The molecule has 0 radical (unpaired) electrons. The van der Waals surface area contributed by atoms with E-state index >= 15 is 4.39 Å². The standard InChI is InChI=1S/C32H33F3N8O3/c1-32(2,40-11-13-45-3)15-19(16-36)31(44)42-12-5-6-20(17-42)43-30-26(29(37)38-18-39-30)28(41-43)22-10-9-21(14-24(22)34)46-25-8-4-7-23(33)27(25)35/h4,7-10,14-15,18,20,40H,5-6,11-13,17H2,1-3H3,(H2,37,38,39)/t20-/m1/s1. The number of hydrogen-bond acceptors (Lipinski definition) is 9. The number of nitrogens with one attached hydrogen (secondary N) is 1. The number of fused-ring (bicyclic) bond motifs is 1. The van der Waals surface area contributed by atoms with E-state index in [0.29, 0.717) is 43.6 Å². The number of hydrogen-bond donors (Lipinski definition) is 2. The van der Waals surface area contributed by atoms with E-state index in [1.165, 1.54) is 30.6 Å². The van der Waals surface area contributed by atoms with E-state index < -0.39 is 34.6 Å². The van der Waals surface area contributed by atoms with E-state index in [0.717, 1.165) is 12.1 Å². The summed E-state index contributed by atoms with van der Waals surface area (Å²) in [4.78, 5) is 23.6. The molecule has 0 saturated carbocycles. The maximum absolute atomic E-state index is 15.6. The zero-order valence-corrected chi connectivity index (χ0v) is 25.6. The van der Waals surface area contributed by atoms with Gasteiger partial charge in [0.25, 0.3) is 5.91 Å². The third-order valence-electron chi connectivity index (χ3n) is 7.63. The van der Waals surface area contributed by atoms with Crippen LogP contribution in [0.4, 0.5) is 19.0 Å². The lowest BCUT2D eigenvalue weighted by molar-refractivity contribution is -0.128. The van der Waals surface area contributed by atoms with Crippen molar-refractivity contribution in [3.05, 3.63) is 71.8 Å². The van der Waals surface area contributed by atoms with Gasteiger partial charge in [-0.1, -0.05) is 6.07 Å². The normalized spacial score (nSPS) is 15.6. The minimum absolute atomic E-state index is 0.00986. The second-order valence-corrected chi connectivity index (χ2v) is 11.4. The average molecular weight is 635 g/mol. The van der Waals surface area contributed by atoms with Crippen LogP contribution in [0.25, 0.3) is 22.3 Å². The number of ether oxygens (including phenoxy) is 2. The Morgan fingerprint density at radius 3 is 2.76 bits per heavy atom. The molecule has 2 aromatic carbocycles. The number of benzene rings is 2. The molecule has 14 heteroatoms. The number of nitrogens with zero attached hydrogens (tertiary/aromatic N) is 6. The van der Waals surface area contributed by atoms with Crippen molar-refractivity contribution in [3.8, 4) is 28.8 Å². The molecule has 240 valence electrons. The Hall–Kier alpha value is -5.00. The first-order chi connectivity index (χ1) is 22.0. The van der Waals surface area contributed by atoms with E-state index in [1.54, 1.807) is 22.8 Å². The fourth-order valence-corrected chi connectivity index (χ4v) is 5.42. The number of likely N-dealkylation sites (tertiary alicyclic amines) is 1. The van der Waals surface area contributed by atoms with Gasteiger partial charge in [-0.2, -0.15) is 14.8 Å². The Morgan fingerprint density at radius 1 is 1.22 bits per heavy atom. The van der Waals surface area contributed by atoms with Gasteiger partial charge in [0.1, 0.15) is 41.0 Å². The van der Waals surface area contributed by atoms with Gasteiger partial charge >= 0.3 is 0 Å². The number of amides is 1. The van der Waals surface area contributed by atoms with Crippen LogP contribution in [0.2, 0.25) is 0 Å². The number of methoxy groups -OCH3 is 1. The number of nitrogen functional groups attached to an aromatic ring is 1. The summed E-state index contributed by atoms with van der Waals surface area (Å²) in [5.74, 6) is -3.82. The molecule has 0 spiro atoms. The molecule has 4 aromatic rings. The van der Waals surface area contributed by atoms with Gasteiger partial charge in [0.15, 0.2) is 17.2 Å². The lowest BCUT2D eigenvalue weighted by atomic mass is 9.99. The fraction of sp³-hybridized carbons (Fsp3) is 0.344. The third kappa shape index (κ3) is 6.80. The van der Waals surface area contributed by atoms with Crippen LogP contribution < -0.4 is 15.8 Å². The molecule has 3 N–H and O–H groups in total. The van der Waals surface area contributed by atoms with Crippen molar-refractivity contribution in [2.45, 2.75) is 38.3 Å². The smallest absolute Gasteiger partial charge is 0.264 e. The van der Waals surface area contributed by atoms with Crippen LogP contribution in [0.1, 0.15) is 32.7 Å². The Kier molecular flexibility index (Phi) is 9.54. The van der Waals surface area contributed by atoms with E-state index in [2.05, 4.69) is 15.3 Å². The van der Waals surface area contributed by atoms with Crippen LogP contribution in [0.15, 0.2) is 54.4 Å². The maximum Gasteiger partial charge on any atom is 0.264 e. The van der Waals surface area contributed by atoms with Crippen molar-refractivity contribution >= 4 is 22.8 Å². The minimum atomic E-state index is -1.19. The summed E-state index contributed by atoms with van der Waals surface area (Å²) in [6.07, 6.45) is 4.15. The van der Waals surface area contributed by atoms with Gasteiger partial charge in [-0.25, -0.2) is 23.4 Å². The van der Waals surface area contributed by atoms with Crippen LogP contribution in [0.3, 0.4) is 0 Å². The molecule has 1 amide bonds. The van der Waals surface area contributed by atoms with Gasteiger partial charge in [-0.3, -0.25) is 4.79 Å². The molecule has 1 fully saturated rings. The number of aromatic nitrogens is 4. The van der Waals surface area contributed by atoms with Gasteiger partial charge in [0, 0.05) is 43.9 Å². The van der Waals surface area contributed by atoms with Crippen LogP contribution in [-0.2, 0) is 9.53 Å². The molecule has 0 unspecified atom stereocenters. The molecule has 1 aliphatic heterocycles. The Bertz CT molecular complexity index is 1840. The second-order valence-electron chi connectivity index (χ2n) is 11.4. The van der Waals surface area contributed by atoms with E-state index in [9.17, 15) is 18.8 Å². The second kappa shape index (κ2) is 13.6. The first-order valence-electron chi connectivity index (χ1n) is 14.6. The summed E-state index contributed by atoms with van der Waals surface area (Å²) in [5.41, 5.74) is 6.18. The summed E-state index contributed by atoms with van der Waals surface area (Å²) in [6, 6.07) is 8.96. The predicted molar refractivity (Wildman–Crippen MR) is 164 cm³/mol. The molecule has 1 aliphatic rings. The highest BCUT2D eigenvalue weighted by molar-refractivity contribution is 5.99. The number of nitriles is 1. The molecular weight excluding hydrogens is 601 g/mol. The molecule has 3 heterocycles. The first kappa shape index (κ1) is 32.4. The van der Waals surface area contributed by atoms with E-state index in [-0.39, 0.29) is 41.0 Å². The average Bonchev–Trinajstić information content (AvgIpc) is 3.43. The van der Waals surface area contributed by atoms with E-state index in [1.807, 2.05) is 19.9 Å². The molecule has 5 rings (SSSR count). The lowest BCUT2D eigenvalue weighted by Crippen LogP contribution is -2.43. The first-order valence-corrected chi connectivity index (χ1v) is 14.6. The quantitative estimate of drug-likeness (QED) is 0.141. The molecular formula is C32H33F3N8O3. The highest BCUT2D eigenvalue weighted by Crippen LogP contribution is 2.37. The Labute approximate surface area is 263 Å². The van der Waals surface area contributed by atoms with Crippen molar-refractivity contribution < 1.29 is 27.4 Å². The summed E-state index contributed by atoms with van der Waals surface area (Å²) >= 11 is 0. The number of piperidine rings is 1. The molecule has 1 atom stereocenters. The molecule has 46 heavy (non-hydrogen) atoms. The zero-order chi connectivity index (χ0) is 33.0. The number of halogens is 3. The summed E-state index contributed by atoms with van der Waals surface area (Å²) in [5, 5.41) is 18.1. The number of nitrogens with two attached hydrogens (primary N) is 1. The highest BCUT2D eigenvalue weighted by atomic mass is 19.2. The SMILES string of the molecule is COCCNC(C)(C)C=C(C#N)C(=O)N1CCC[C@@H](n2nc(-c3ccc(Oc4cccc(F)c4F)cc3F)c3c(N)ncnc32)C1. The molecule has 11 nitrogen and oxygen atoms in total. The number of anilines is 1. The fourth-order valence-electron chi connectivity index (χ4n) is 5.42. The van der Waals surface area contributed by atoms with Crippen molar-refractivity contribution in [2.75, 3.05) is 39.1 Å². The van der Waals surface area contributed by atoms with Crippen molar-refractivity contribution in [1.29, 1.82) is 5.26 Å². The van der Waals surface area contributed by atoms with Gasteiger partial charge in [0.05, 0.1) is 18.0 Å². The van der Waals surface area contributed by atoms with Gasteiger partial charge < -0.3 is 25.4 Å². The van der Waals surface area contributed by atoms with Crippen molar-refractivity contribution in [2.24, 2.45) is 0 Å². The Balaban J connectivity index is 1.44. The third-order valence-corrected chi connectivity index (χ3v) is 7.63. The van der Waals surface area contributed by atoms with Crippen molar-refractivity contribution in [1.82, 2.24) is 30.0 Å². The highest BCUT2D eigenvalue weighted by Gasteiger charge is 2.31. The number of carbonyl (C=O) groups is 1. The molecule has 1 saturated heterocycles. The molecule has 0 bridgehead atoms. The van der Waals surface area contributed by atoms with Gasteiger partial charge in [-0.05, 0) is 57.0 Å². The monoisotopic (exact) mass is 634 g/mol. The number of carbonyl (C=O) groups excluding carboxylic acids is 1. The lowest BCUT2D eigenvalue weighted by Gasteiger charge is -2.33. The molecule has 0 aliphatic carbocycles. The van der Waals surface area contributed by atoms with Crippen LogP contribution in [0.5, 0.6) is 11.5 Å². The Morgan fingerprint density at radius 2 is 2.02 bits per heavy atom. The zero-order valence-electron chi connectivity index (χ0n) is 25.6. The van der Waals surface area contributed by atoms with Crippen LogP contribution in [-0.4, -0.2) is 69.4 Å². The van der Waals surface area contributed by atoms with E-state index in [4.69, 9.17) is 20.3 Å². The number of rotatable bonds is 10. The minimum Gasteiger partial charge on any atom is -0.454 e. The largest absolute Gasteiger partial charge is 0.454 e.